The molecular weight excluding hydrogens is 264 g/mol. The van der Waals surface area contributed by atoms with Crippen molar-refractivity contribution in [2.45, 2.75) is 38.2 Å². The van der Waals surface area contributed by atoms with Gasteiger partial charge in [-0.2, -0.15) is 0 Å². The summed E-state index contributed by atoms with van der Waals surface area (Å²) < 4.78 is 14.9. The zero-order chi connectivity index (χ0) is 14.8. The van der Waals surface area contributed by atoms with Crippen LogP contribution < -0.4 is 11.5 Å². The van der Waals surface area contributed by atoms with Crippen LogP contribution in [0.3, 0.4) is 0 Å². The lowest BCUT2D eigenvalue weighted by Crippen LogP contribution is -2.24. The van der Waals surface area contributed by atoms with Gasteiger partial charge in [-0.25, -0.2) is 9.59 Å². The molecule has 0 spiro atoms. The molecule has 20 heavy (non-hydrogen) atoms. The number of furan rings is 1. The molecule has 1 atom stereocenters. The lowest BCUT2D eigenvalue weighted by atomic mass is 10.1. The zero-order valence-corrected chi connectivity index (χ0v) is 11.2. The topological polar surface area (TPSA) is 118 Å². The fourth-order valence-corrected chi connectivity index (χ4v) is 1.84. The Bertz CT molecular complexity index is 405. The number of carbonyl (C=O) groups is 2. The van der Waals surface area contributed by atoms with E-state index < -0.39 is 12.2 Å². The number of ether oxygens (including phenoxy) is 2. The number of hydrogen-bond donors (Lipinski definition) is 2. The van der Waals surface area contributed by atoms with Crippen LogP contribution >= 0.6 is 0 Å². The first-order chi connectivity index (χ1) is 9.58. The molecule has 0 radical (unpaired) electrons. The number of primary amides is 2. The highest BCUT2D eigenvalue weighted by Gasteiger charge is 2.14. The van der Waals surface area contributed by atoms with E-state index in [0.717, 1.165) is 18.6 Å². The summed E-state index contributed by atoms with van der Waals surface area (Å²) in [5, 5.41) is 0. The molecule has 0 aliphatic rings. The molecule has 0 saturated carbocycles. The van der Waals surface area contributed by atoms with Gasteiger partial charge < -0.3 is 25.4 Å². The van der Waals surface area contributed by atoms with Gasteiger partial charge in [0.1, 0.15) is 11.9 Å². The van der Waals surface area contributed by atoms with Gasteiger partial charge in [0.15, 0.2) is 0 Å². The summed E-state index contributed by atoms with van der Waals surface area (Å²) in [5.41, 5.74) is 9.89. The van der Waals surface area contributed by atoms with Crippen molar-refractivity contribution in [2.24, 2.45) is 11.5 Å². The zero-order valence-electron chi connectivity index (χ0n) is 11.2. The van der Waals surface area contributed by atoms with Crippen LogP contribution in [0.2, 0.25) is 0 Å². The van der Waals surface area contributed by atoms with E-state index >= 15 is 0 Å². The fourth-order valence-electron chi connectivity index (χ4n) is 1.84. The van der Waals surface area contributed by atoms with Gasteiger partial charge >= 0.3 is 12.2 Å². The number of unbranched alkanes of at least 4 members (excludes halogenated alkanes) is 2. The van der Waals surface area contributed by atoms with Crippen molar-refractivity contribution in [1.29, 1.82) is 0 Å². The predicted octanol–water partition coefficient (Wildman–Crippen LogP) is 1.94. The van der Waals surface area contributed by atoms with Gasteiger partial charge in [0.05, 0.1) is 12.9 Å². The van der Waals surface area contributed by atoms with Crippen LogP contribution in [0.5, 0.6) is 0 Å². The molecule has 1 rings (SSSR count). The van der Waals surface area contributed by atoms with Crippen molar-refractivity contribution in [2.75, 3.05) is 6.61 Å². The molecule has 1 unspecified atom stereocenters. The molecule has 112 valence electrons. The Morgan fingerprint density at radius 1 is 1.20 bits per heavy atom. The number of hydrogen-bond acceptors (Lipinski definition) is 5. The Labute approximate surface area is 117 Å². The van der Waals surface area contributed by atoms with Crippen molar-refractivity contribution >= 4 is 12.2 Å². The molecule has 0 fully saturated rings. The van der Waals surface area contributed by atoms with Gasteiger partial charge in [0, 0.05) is 6.42 Å². The highest BCUT2D eigenvalue weighted by atomic mass is 16.6. The molecule has 0 aromatic carbocycles. The largest absolute Gasteiger partial charge is 0.469 e. The molecule has 0 bridgehead atoms. The number of carbonyl (C=O) groups excluding carboxylic acids is 2. The second kappa shape index (κ2) is 8.84. The maximum absolute atomic E-state index is 10.8. The lowest BCUT2D eigenvalue weighted by molar-refractivity contribution is 0.0954. The first-order valence-electron chi connectivity index (χ1n) is 6.48. The summed E-state index contributed by atoms with van der Waals surface area (Å²) in [6.45, 7) is 0.300. The monoisotopic (exact) mass is 284 g/mol. The van der Waals surface area contributed by atoms with Crippen LogP contribution in [0.15, 0.2) is 22.8 Å². The quantitative estimate of drug-likeness (QED) is 0.672. The summed E-state index contributed by atoms with van der Waals surface area (Å²) in [5.74, 6) is 0.744. The standard InChI is InChI=1S/C13H20N2O5/c14-12(16)19-7-3-1-2-5-11(20-13(15)17)9-10-6-4-8-18-10/h4,6,8,11H,1-3,5,7,9H2,(H2,14,16)(H2,15,17). The third kappa shape index (κ3) is 7.30. The summed E-state index contributed by atoms with van der Waals surface area (Å²) in [6.07, 6.45) is 3.23. The van der Waals surface area contributed by atoms with Gasteiger partial charge in [-0.1, -0.05) is 0 Å². The van der Waals surface area contributed by atoms with E-state index in [4.69, 9.17) is 20.6 Å². The van der Waals surface area contributed by atoms with Crippen LogP contribution in [-0.4, -0.2) is 24.9 Å². The van der Waals surface area contributed by atoms with Crippen LogP contribution in [0.25, 0.3) is 0 Å². The molecule has 0 aliphatic heterocycles. The minimum absolute atomic E-state index is 0.300. The van der Waals surface area contributed by atoms with Crippen LogP contribution in [0.4, 0.5) is 9.59 Å². The third-order valence-corrected chi connectivity index (χ3v) is 2.71. The molecule has 0 saturated heterocycles. The second-order valence-corrected chi connectivity index (χ2v) is 4.36. The summed E-state index contributed by atoms with van der Waals surface area (Å²) in [7, 11) is 0. The van der Waals surface area contributed by atoms with Crippen molar-refractivity contribution in [3.05, 3.63) is 24.2 Å². The second-order valence-electron chi connectivity index (χ2n) is 4.36. The maximum Gasteiger partial charge on any atom is 0.404 e. The number of nitrogens with two attached hydrogens (primary N) is 2. The summed E-state index contributed by atoms with van der Waals surface area (Å²) >= 11 is 0. The normalized spacial score (nSPS) is 11.8. The van der Waals surface area contributed by atoms with Crippen LogP contribution in [-0.2, 0) is 15.9 Å². The van der Waals surface area contributed by atoms with Gasteiger partial charge in [0.2, 0.25) is 0 Å². The van der Waals surface area contributed by atoms with Crippen LogP contribution in [0, 0.1) is 0 Å². The Balaban J connectivity index is 2.23. The first-order valence-corrected chi connectivity index (χ1v) is 6.48. The minimum atomic E-state index is -0.793. The highest BCUT2D eigenvalue weighted by Crippen LogP contribution is 2.13. The molecule has 7 heteroatoms. The Morgan fingerprint density at radius 3 is 2.60 bits per heavy atom. The van der Waals surface area contributed by atoms with Crippen molar-refractivity contribution in [3.63, 3.8) is 0 Å². The summed E-state index contributed by atoms with van der Waals surface area (Å²) in [4.78, 5) is 21.2. The third-order valence-electron chi connectivity index (χ3n) is 2.71. The number of rotatable bonds is 9. The minimum Gasteiger partial charge on any atom is -0.469 e. The van der Waals surface area contributed by atoms with Crippen molar-refractivity contribution in [1.82, 2.24) is 0 Å². The number of amides is 2. The smallest absolute Gasteiger partial charge is 0.404 e. The highest BCUT2D eigenvalue weighted by molar-refractivity contribution is 5.65. The Kier molecular flexibility index (Phi) is 7.02. The molecule has 0 aliphatic carbocycles. The van der Waals surface area contributed by atoms with E-state index in [1.165, 1.54) is 0 Å². The van der Waals surface area contributed by atoms with Gasteiger partial charge in [0.25, 0.3) is 0 Å². The Hall–Kier alpha value is -2.18. The van der Waals surface area contributed by atoms with Gasteiger partial charge in [-0.3, -0.25) is 0 Å². The van der Waals surface area contributed by atoms with Crippen molar-refractivity contribution < 1.29 is 23.5 Å². The van der Waals surface area contributed by atoms with E-state index in [-0.39, 0.29) is 6.10 Å². The van der Waals surface area contributed by atoms with Gasteiger partial charge in [-0.15, -0.1) is 0 Å². The fraction of sp³-hybridized carbons (Fsp3) is 0.538. The molecule has 2 amide bonds. The average molecular weight is 284 g/mol. The molecular formula is C13H20N2O5. The van der Waals surface area contributed by atoms with E-state index in [0.29, 0.717) is 25.9 Å². The van der Waals surface area contributed by atoms with E-state index in [2.05, 4.69) is 4.74 Å². The molecule has 4 N–H and O–H groups in total. The Morgan fingerprint density at radius 2 is 2.00 bits per heavy atom. The SMILES string of the molecule is NC(=O)OCCCCCC(Cc1ccco1)OC(N)=O. The molecule has 7 nitrogen and oxygen atoms in total. The first kappa shape index (κ1) is 15.9. The van der Waals surface area contributed by atoms with Gasteiger partial charge in [-0.05, 0) is 37.8 Å². The maximum atomic E-state index is 10.8. The molecule has 1 aromatic rings. The predicted molar refractivity (Wildman–Crippen MR) is 70.9 cm³/mol. The average Bonchev–Trinajstić information content (AvgIpc) is 2.85. The van der Waals surface area contributed by atoms with E-state index in [1.807, 2.05) is 6.07 Å². The van der Waals surface area contributed by atoms with Crippen LogP contribution in [0.1, 0.15) is 31.4 Å². The molecule has 1 aromatic heterocycles. The van der Waals surface area contributed by atoms with E-state index in [1.54, 1.807) is 12.3 Å². The van der Waals surface area contributed by atoms with E-state index in [9.17, 15) is 9.59 Å². The molecule has 1 heterocycles. The summed E-state index contributed by atoms with van der Waals surface area (Å²) in [6, 6.07) is 3.59. The van der Waals surface area contributed by atoms with Crippen molar-refractivity contribution in [3.8, 4) is 0 Å². The lowest BCUT2D eigenvalue weighted by Gasteiger charge is -2.15.